The molecule has 0 unspecified atom stereocenters. The van der Waals surface area contributed by atoms with Crippen LogP contribution in [0, 0.1) is 6.92 Å². The highest BCUT2D eigenvalue weighted by atomic mass is 19.4. The maximum Gasteiger partial charge on any atom is 0.573 e. The van der Waals surface area contributed by atoms with Crippen molar-refractivity contribution in [2.24, 2.45) is 0 Å². The van der Waals surface area contributed by atoms with Crippen LogP contribution in [0.4, 0.5) is 23.7 Å². The lowest BCUT2D eigenvalue weighted by Gasteiger charge is -2.32. The molecule has 1 aliphatic rings. The minimum absolute atomic E-state index is 0.0969. The molecule has 156 valence electrons. The molecule has 1 aliphatic heterocycles. The van der Waals surface area contributed by atoms with Gasteiger partial charge in [-0.25, -0.2) is 4.79 Å². The Labute approximate surface area is 164 Å². The fraction of sp³-hybridized carbons (Fsp3) is 0.368. The Morgan fingerprint density at radius 2 is 1.79 bits per heavy atom. The summed E-state index contributed by atoms with van der Waals surface area (Å²) >= 11 is 0. The number of halogens is 3. The predicted molar refractivity (Wildman–Crippen MR) is 97.6 cm³/mol. The topological polar surface area (TPSA) is 83.8 Å². The van der Waals surface area contributed by atoms with E-state index in [9.17, 15) is 22.8 Å². The summed E-state index contributed by atoms with van der Waals surface area (Å²) in [6.07, 6.45) is -2.11. The summed E-state index contributed by atoms with van der Waals surface area (Å²) in [6.45, 7) is 2.73. The molecule has 3 rings (SSSR count). The van der Waals surface area contributed by atoms with Gasteiger partial charge >= 0.3 is 12.4 Å². The van der Waals surface area contributed by atoms with Crippen LogP contribution in [0.2, 0.25) is 0 Å². The number of amides is 3. The molecule has 2 aromatic rings. The number of hydrogen-bond acceptors (Lipinski definition) is 4. The molecule has 0 atom stereocenters. The SMILES string of the molecule is Cc1occc1C(=O)N1CCC(NC(=O)Nc2ccc(OC(F)(F)F)cc2)CC1. The fourth-order valence-corrected chi connectivity index (χ4v) is 3.10. The number of rotatable bonds is 4. The Bertz CT molecular complexity index is 856. The largest absolute Gasteiger partial charge is 0.573 e. The molecule has 2 N–H and O–H groups in total. The van der Waals surface area contributed by atoms with Gasteiger partial charge in [0.2, 0.25) is 0 Å². The van der Waals surface area contributed by atoms with E-state index >= 15 is 0 Å². The molecule has 2 heterocycles. The molecule has 0 aliphatic carbocycles. The third-order valence-corrected chi connectivity index (χ3v) is 4.55. The maximum atomic E-state index is 12.5. The van der Waals surface area contributed by atoms with Crippen molar-refractivity contribution < 1.29 is 31.9 Å². The zero-order valence-electron chi connectivity index (χ0n) is 15.6. The Kier molecular flexibility index (Phi) is 6.00. The lowest BCUT2D eigenvalue weighted by Crippen LogP contribution is -2.47. The smallest absolute Gasteiger partial charge is 0.469 e. The summed E-state index contributed by atoms with van der Waals surface area (Å²) in [4.78, 5) is 26.3. The predicted octanol–water partition coefficient (Wildman–Crippen LogP) is 3.91. The summed E-state index contributed by atoms with van der Waals surface area (Å²) in [7, 11) is 0. The van der Waals surface area contributed by atoms with E-state index in [0.717, 1.165) is 12.1 Å². The number of urea groups is 1. The standard InChI is InChI=1S/C19H20F3N3O4/c1-12-16(8-11-28-12)17(26)25-9-6-14(7-10-25)24-18(27)23-13-2-4-15(5-3-13)29-19(20,21)22/h2-5,8,11,14H,6-7,9-10H2,1H3,(H2,23,24,27). The van der Waals surface area contributed by atoms with Gasteiger partial charge in [0.25, 0.3) is 5.91 Å². The summed E-state index contributed by atoms with van der Waals surface area (Å²) in [5.74, 6) is 0.106. The molecule has 3 amide bonds. The van der Waals surface area contributed by atoms with Crippen LogP contribution in [0.3, 0.4) is 0 Å². The molecule has 10 heteroatoms. The van der Waals surface area contributed by atoms with Crippen molar-refractivity contribution in [3.63, 3.8) is 0 Å². The van der Waals surface area contributed by atoms with Gasteiger partial charge in [0.15, 0.2) is 0 Å². The molecule has 29 heavy (non-hydrogen) atoms. The fourth-order valence-electron chi connectivity index (χ4n) is 3.10. The molecule has 0 spiro atoms. The first kappa shape index (κ1) is 20.6. The van der Waals surface area contributed by atoms with Crippen LogP contribution >= 0.6 is 0 Å². The second-order valence-electron chi connectivity index (χ2n) is 6.63. The molecule has 1 aromatic carbocycles. The van der Waals surface area contributed by atoms with Crippen molar-refractivity contribution >= 4 is 17.6 Å². The number of aryl methyl sites for hydroxylation is 1. The van der Waals surface area contributed by atoms with E-state index in [1.807, 2.05) is 0 Å². The molecule has 1 fully saturated rings. The van der Waals surface area contributed by atoms with E-state index in [4.69, 9.17) is 4.42 Å². The van der Waals surface area contributed by atoms with Crippen LogP contribution in [0.25, 0.3) is 0 Å². The van der Waals surface area contributed by atoms with Crippen LogP contribution < -0.4 is 15.4 Å². The van der Waals surface area contributed by atoms with E-state index in [-0.39, 0.29) is 17.7 Å². The summed E-state index contributed by atoms with van der Waals surface area (Å²) in [6, 6.07) is 5.92. The van der Waals surface area contributed by atoms with E-state index in [1.165, 1.54) is 18.4 Å². The van der Waals surface area contributed by atoms with E-state index in [2.05, 4.69) is 15.4 Å². The second kappa shape index (κ2) is 8.46. The van der Waals surface area contributed by atoms with Crippen LogP contribution in [0.5, 0.6) is 5.75 Å². The highest BCUT2D eigenvalue weighted by Gasteiger charge is 2.31. The number of nitrogens with zero attached hydrogens (tertiary/aromatic N) is 1. The Hall–Kier alpha value is -3.17. The van der Waals surface area contributed by atoms with Crippen molar-refractivity contribution in [1.82, 2.24) is 10.2 Å². The van der Waals surface area contributed by atoms with Gasteiger partial charge in [0.1, 0.15) is 11.5 Å². The molecule has 1 aromatic heterocycles. The first-order valence-electron chi connectivity index (χ1n) is 8.98. The van der Waals surface area contributed by atoms with Crippen molar-refractivity contribution in [3.05, 3.63) is 47.9 Å². The average molecular weight is 411 g/mol. The average Bonchev–Trinajstić information content (AvgIpc) is 3.08. The van der Waals surface area contributed by atoms with Crippen molar-refractivity contribution in [2.45, 2.75) is 32.2 Å². The van der Waals surface area contributed by atoms with E-state index in [0.29, 0.717) is 42.9 Å². The van der Waals surface area contributed by atoms with E-state index < -0.39 is 12.4 Å². The van der Waals surface area contributed by atoms with Gasteiger partial charge in [-0.15, -0.1) is 13.2 Å². The molecule has 1 saturated heterocycles. The van der Waals surface area contributed by atoms with Crippen molar-refractivity contribution in [2.75, 3.05) is 18.4 Å². The lowest BCUT2D eigenvalue weighted by molar-refractivity contribution is -0.274. The maximum absolute atomic E-state index is 12.5. The molecule has 7 nitrogen and oxygen atoms in total. The normalized spacial score (nSPS) is 15.1. The number of furan rings is 1. The minimum atomic E-state index is -4.77. The third-order valence-electron chi connectivity index (χ3n) is 4.55. The van der Waals surface area contributed by atoms with Gasteiger partial charge in [0, 0.05) is 24.8 Å². The van der Waals surface area contributed by atoms with Gasteiger partial charge in [-0.2, -0.15) is 0 Å². The quantitative estimate of drug-likeness (QED) is 0.799. The van der Waals surface area contributed by atoms with E-state index in [1.54, 1.807) is 17.9 Å². The second-order valence-corrected chi connectivity index (χ2v) is 6.63. The Balaban J connectivity index is 1.45. The summed E-state index contributed by atoms with van der Waals surface area (Å²) < 4.78 is 45.4. The monoisotopic (exact) mass is 411 g/mol. The Morgan fingerprint density at radius 1 is 1.14 bits per heavy atom. The number of anilines is 1. The summed E-state index contributed by atoms with van der Waals surface area (Å²) in [5, 5.41) is 5.37. The van der Waals surface area contributed by atoms with Crippen LogP contribution in [-0.4, -0.2) is 42.3 Å². The number of nitrogens with one attached hydrogen (secondary N) is 2. The number of alkyl halides is 3. The molecule has 0 radical (unpaired) electrons. The number of hydrogen-bond donors (Lipinski definition) is 2. The molecular weight excluding hydrogens is 391 g/mol. The molecular formula is C19H20F3N3O4. The van der Waals surface area contributed by atoms with Crippen molar-refractivity contribution in [1.29, 1.82) is 0 Å². The number of likely N-dealkylation sites (tertiary alicyclic amines) is 1. The van der Waals surface area contributed by atoms with Gasteiger partial charge < -0.3 is 24.7 Å². The number of carbonyl (C=O) groups is 2. The zero-order valence-corrected chi connectivity index (χ0v) is 15.6. The van der Waals surface area contributed by atoms with Gasteiger partial charge in [-0.1, -0.05) is 0 Å². The summed E-state index contributed by atoms with van der Waals surface area (Å²) in [5.41, 5.74) is 0.868. The Morgan fingerprint density at radius 3 is 2.34 bits per heavy atom. The van der Waals surface area contributed by atoms with Gasteiger partial charge in [0.05, 0.1) is 11.8 Å². The molecule has 0 bridgehead atoms. The molecule has 0 saturated carbocycles. The number of piperidine rings is 1. The van der Waals surface area contributed by atoms with Crippen molar-refractivity contribution in [3.8, 4) is 5.75 Å². The van der Waals surface area contributed by atoms with Gasteiger partial charge in [-0.3, -0.25) is 4.79 Å². The number of carbonyl (C=O) groups excluding carboxylic acids is 2. The number of benzene rings is 1. The van der Waals surface area contributed by atoms with Crippen LogP contribution in [0.1, 0.15) is 29.0 Å². The van der Waals surface area contributed by atoms with Crippen LogP contribution in [-0.2, 0) is 0 Å². The first-order chi connectivity index (χ1) is 13.7. The highest BCUT2D eigenvalue weighted by Crippen LogP contribution is 2.24. The zero-order chi connectivity index (χ0) is 21.0. The number of ether oxygens (including phenoxy) is 1. The highest BCUT2D eigenvalue weighted by molar-refractivity contribution is 5.95. The first-order valence-corrected chi connectivity index (χ1v) is 8.98. The third kappa shape index (κ3) is 5.66. The minimum Gasteiger partial charge on any atom is -0.469 e. The van der Waals surface area contributed by atoms with Crippen LogP contribution in [0.15, 0.2) is 41.0 Å². The van der Waals surface area contributed by atoms with Gasteiger partial charge in [-0.05, 0) is 50.1 Å². The lowest BCUT2D eigenvalue weighted by atomic mass is 10.0.